The van der Waals surface area contributed by atoms with Gasteiger partial charge in [-0.1, -0.05) is 12.1 Å². The Balaban J connectivity index is 2.07. The molecular formula is C14H20N2O4. The van der Waals surface area contributed by atoms with E-state index < -0.39 is 12.0 Å². The van der Waals surface area contributed by atoms with Crippen molar-refractivity contribution < 1.29 is 20.1 Å². The first-order chi connectivity index (χ1) is 9.61. The lowest BCUT2D eigenvalue weighted by Crippen LogP contribution is -2.49. The van der Waals surface area contributed by atoms with Crippen molar-refractivity contribution in [1.82, 2.24) is 9.80 Å². The van der Waals surface area contributed by atoms with E-state index in [1.165, 1.54) is 12.1 Å². The van der Waals surface area contributed by atoms with Gasteiger partial charge in [-0.05, 0) is 17.7 Å². The van der Waals surface area contributed by atoms with Gasteiger partial charge in [-0.25, -0.2) is 0 Å². The number of nitrogens with zero attached hydrogens (tertiary/aromatic N) is 2. The van der Waals surface area contributed by atoms with Crippen LogP contribution < -0.4 is 0 Å². The fourth-order valence-corrected chi connectivity index (χ4v) is 2.55. The fourth-order valence-electron chi connectivity index (χ4n) is 2.55. The van der Waals surface area contributed by atoms with E-state index in [1.54, 1.807) is 12.1 Å². The third-order valence-corrected chi connectivity index (χ3v) is 3.63. The van der Waals surface area contributed by atoms with Gasteiger partial charge in [0.25, 0.3) is 0 Å². The summed E-state index contributed by atoms with van der Waals surface area (Å²) >= 11 is 0. The van der Waals surface area contributed by atoms with E-state index in [2.05, 4.69) is 4.90 Å². The number of carbonyl (C=O) groups is 1. The molecule has 6 heteroatoms. The second-order valence-corrected chi connectivity index (χ2v) is 4.93. The van der Waals surface area contributed by atoms with E-state index in [4.69, 9.17) is 5.11 Å². The zero-order chi connectivity index (χ0) is 14.5. The second-order valence-electron chi connectivity index (χ2n) is 4.93. The lowest BCUT2D eigenvalue weighted by molar-refractivity contribution is -0.144. The van der Waals surface area contributed by atoms with Gasteiger partial charge in [0, 0.05) is 32.7 Å². The van der Waals surface area contributed by atoms with Crippen LogP contribution in [0.5, 0.6) is 5.75 Å². The normalized spacial score (nSPS) is 18.9. The summed E-state index contributed by atoms with van der Waals surface area (Å²) in [5.74, 6) is -0.753. The van der Waals surface area contributed by atoms with Crippen molar-refractivity contribution in [1.29, 1.82) is 0 Å². The molecule has 20 heavy (non-hydrogen) atoms. The van der Waals surface area contributed by atoms with Crippen LogP contribution in [0.25, 0.3) is 0 Å². The molecule has 1 aliphatic heterocycles. The van der Waals surface area contributed by atoms with Crippen molar-refractivity contribution in [3.05, 3.63) is 29.8 Å². The molecule has 1 unspecified atom stereocenters. The Labute approximate surface area is 117 Å². The van der Waals surface area contributed by atoms with Gasteiger partial charge in [0.05, 0.1) is 6.61 Å². The van der Waals surface area contributed by atoms with Crippen LogP contribution in [0, 0.1) is 0 Å². The van der Waals surface area contributed by atoms with Crippen molar-refractivity contribution in [2.75, 3.05) is 39.3 Å². The summed E-state index contributed by atoms with van der Waals surface area (Å²) in [4.78, 5) is 15.6. The molecule has 0 bridgehead atoms. The first kappa shape index (κ1) is 14.8. The summed E-state index contributed by atoms with van der Waals surface area (Å²) in [7, 11) is 0. The molecular weight excluding hydrogens is 260 g/mol. The van der Waals surface area contributed by atoms with Crippen LogP contribution in [0.15, 0.2) is 24.3 Å². The minimum absolute atomic E-state index is 0.125. The summed E-state index contributed by atoms with van der Waals surface area (Å²) in [6, 6.07) is 5.62. The van der Waals surface area contributed by atoms with Crippen molar-refractivity contribution in [2.45, 2.75) is 6.04 Å². The molecule has 1 saturated heterocycles. The zero-order valence-corrected chi connectivity index (χ0v) is 11.3. The van der Waals surface area contributed by atoms with Crippen LogP contribution in [-0.2, 0) is 4.79 Å². The van der Waals surface area contributed by atoms with Crippen LogP contribution >= 0.6 is 0 Å². The number of rotatable bonds is 5. The van der Waals surface area contributed by atoms with E-state index in [9.17, 15) is 15.0 Å². The molecule has 0 saturated carbocycles. The van der Waals surface area contributed by atoms with Gasteiger partial charge >= 0.3 is 5.97 Å². The molecule has 1 heterocycles. The Morgan fingerprint density at radius 1 is 1.15 bits per heavy atom. The SMILES string of the molecule is O=C(O)C(c1ccc(O)cc1)N1CCN(CCO)CC1. The van der Waals surface area contributed by atoms with Gasteiger partial charge in [-0.15, -0.1) is 0 Å². The average Bonchev–Trinajstić information content (AvgIpc) is 2.43. The third kappa shape index (κ3) is 3.47. The lowest BCUT2D eigenvalue weighted by atomic mass is 10.0. The Bertz CT molecular complexity index is 441. The summed E-state index contributed by atoms with van der Waals surface area (Å²) in [6.07, 6.45) is 0. The molecule has 2 rings (SSSR count). The molecule has 1 aliphatic rings. The van der Waals surface area contributed by atoms with Gasteiger partial charge in [0.1, 0.15) is 11.8 Å². The summed E-state index contributed by atoms with van der Waals surface area (Å²) in [5.41, 5.74) is 0.672. The number of hydrogen-bond acceptors (Lipinski definition) is 5. The van der Waals surface area contributed by atoms with E-state index in [0.29, 0.717) is 25.2 Å². The van der Waals surface area contributed by atoms with E-state index in [-0.39, 0.29) is 12.4 Å². The summed E-state index contributed by atoms with van der Waals surface area (Å²) in [5, 5.41) is 27.7. The van der Waals surface area contributed by atoms with E-state index in [0.717, 1.165) is 13.1 Å². The number of phenolic OH excluding ortho intramolecular Hbond substituents is 1. The van der Waals surface area contributed by atoms with Gasteiger partial charge in [-0.3, -0.25) is 14.6 Å². The molecule has 1 aromatic rings. The molecule has 0 amide bonds. The van der Waals surface area contributed by atoms with E-state index in [1.807, 2.05) is 4.90 Å². The maximum atomic E-state index is 11.5. The molecule has 0 spiro atoms. The molecule has 1 fully saturated rings. The molecule has 6 nitrogen and oxygen atoms in total. The molecule has 3 N–H and O–H groups in total. The summed E-state index contributed by atoms with van der Waals surface area (Å²) < 4.78 is 0. The average molecular weight is 280 g/mol. The highest BCUT2D eigenvalue weighted by atomic mass is 16.4. The topological polar surface area (TPSA) is 84.2 Å². The predicted molar refractivity (Wildman–Crippen MR) is 73.6 cm³/mol. The first-order valence-electron chi connectivity index (χ1n) is 6.71. The van der Waals surface area contributed by atoms with Gasteiger partial charge in [0.2, 0.25) is 0 Å². The fraction of sp³-hybridized carbons (Fsp3) is 0.500. The highest BCUT2D eigenvalue weighted by Crippen LogP contribution is 2.24. The molecule has 110 valence electrons. The number of carboxylic acid groups (broad SMARTS) is 1. The second kappa shape index (κ2) is 6.69. The molecule has 0 aromatic heterocycles. The minimum Gasteiger partial charge on any atom is -0.508 e. The first-order valence-corrected chi connectivity index (χ1v) is 6.71. The number of piperazine rings is 1. The van der Waals surface area contributed by atoms with Crippen molar-refractivity contribution in [2.24, 2.45) is 0 Å². The molecule has 1 atom stereocenters. The summed E-state index contributed by atoms with van der Waals surface area (Å²) in [6.45, 7) is 3.56. The van der Waals surface area contributed by atoms with Crippen LogP contribution in [0.2, 0.25) is 0 Å². The Hall–Kier alpha value is -1.63. The number of β-amino-alcohol motifs (C(OH)–C–C–N with tert-alkyl or cyclic N) is 1. The van der Waals surface area contributed by atoms with Crippen molar-refractivity contribution in [3.63, 3.8) is 0 Å². The highest BCUT2D eigenvalue weighted by molar-refractivity contribution is 5.75. The van der Waals surface area contributed by atoms with Crippen molar-refractivity contribution in [3.8, 4) is 5.75 Å². The maximum absolute atomic E-state index is 11.5. The Morgan fingerprint density at radius 2 is 1.75 bits per heavy atom. The number of aliphatic hydroxyl groups excluding tert-OH is 1. The van der Waals surface area contributed by atoms with Crippen LogP contribution in [0.1, 0.15) is 11.6 Å². The number of phenols is 1. The number of aliphatic carboxylic acids is 1. The zero-order valence-electron chi connectivity index (χ0n) is 11.3. The quantitative estimate of drug-likeness (QED) is 0.711. The number of carboxylic acids is 1. The van der Waals surface area contributed by atoms with Crippen molar-refractivity contribution >= 4 is 5.97 Å². The number of benzene rings is 1. The third-order valence-electron chi connectivity index (χ3n) is 3.63. The molecule has 0 radical (unpaired) electrons. The lowest BCUT2D eigenvalue weighted by Gasteiger charge is -2.37. The van der Waals surface area contributed by atoms with Gasteiger partial charge in [-0.2, -0.15) is 0 Å². The number of aliphatic hydroxyl groups is 1. The predicted octanol–water partition coefficient (Wildman–Crippen LogP) is 0.128. The maximum Gasteiger partial charge on any atom is 0.325 e. The van der Waals surface area contributed by atoms with Crippen LogP contribution in [0.4, 0.5) is 0 Å². The standard InChI is InChI=1S/C14H20N2O4/c17-10-9-15-5-7-16(8-6-15)13(14(19)20)11-1-3-12(18)4-2-11/h1-4,13,17-18H,5-10H2,(H,19,20). The smallest absolute Gasteiger partial charge is 0.325 e. The number of aromatic hydroxyl groups is 1. The highest BCUT2D eigenvalue weighted by Gasteiger charge is 2.30. The monoisotopic (exact) mass is 280 g/mol. The largest absolute Gasteiger partial charge is 0.508 e. The van der Waals surface area contributed by atoms with Gasteiger partial charge in [0.15, 0.2) is 0 Å². The van der Waals surface area contributed by atoms with Crippen LogP contribution in [-0.4, -0.2) is 70.4 Å². The minimum atomic E-state index is -0.883. The Morgan fingerprint density at radius 3 is 2.25 bits per heavy atom. The van der Waals surface area contributed by atoms with Crippen LogP contribution in [0.3, 0.4) is 0 Å². The van der Waals surface area contributed by atoms with Gasteiger partial charge < -0.3 is 15.3 Å². The Kier molecular flexibility index (Phi) is 4.94. The van der Waals surface area contributed by atoms with E-state index >= 15 is 0 Å². The number of hydrogen-bond donors (Lipinski definition) is 3. The molecule has 0 aliphatic carbocycles. The molecule has 1 aromatic carbocycles.